The zero-order valence-corrected chi connectivity index (χ0v) is 13.9. The van der Waals surface area contributed by atoms with Gasteiger partial charge < -0.3 is 16.0 Å². The molecule has 1 aliphatic heterocycles. The van der Waals surface area contributed by atoms with Crippen molar-refractivity contribution >= 4 is 11.8 Å². The molecule has 1 saturated heterocycles. The number of rotatable bonds is 6. The third kappa shape index (κ3) is 3.96. The van der Waals surface area contributed by atoms with Gasteiger partial charge in [-0.15, -0.1) is 0 Å². The highest BCUT2D eigenvalue weighted by Crippen LogP contribution is 2.25. The molecule has 0 aromatic carbocycles. The molecule has 0 bridgehead atoms. The number of nitrogens with zero attached hydrogens (tertiary/aromatic N) is 1. The Balaban J connectivity index is 2.69. The van der Waals surface area contributed by atoms with E-state index in [2.05, 4.69) is 12.2 Å². The lowest BCUT2D eigenvalue weighted by molar-refractivity contribution is -0.141. The van der Waals surface area contributed by atoms with Gasteiger partial charge in [-0.05, 0) is 46.0 Å². The van der Waals surface area contributed by atoms with Gasteiger partial charge in [0, 0.05) is 19.1 Å². The maximum absolute atomic E-state index is 12.5. The average molecular weight is 297 g/mol. The number of nitrogens with one attached hydrogen (secondary N) is 1. The first-order valence-electron chi connectivity index (χ1n) is 8.23. The van der Waals surface area contributed by atoms with Crippen LogP contribution in [0.25, 0.3) is 0 Å². The fourth-order valence-corrected chi connectivity index (χ4v) is 3.04. The first-order valence-corrected chi connectivity index (χ1v) is 8.23. The molecule has 0 aliphatic carbocycles. The molecule has 1 rings (SSSR count). The molecular weight excluding hydrogens is 266 g/mol. The Hall–Kier alpha value is -1.10. The summed E-state index contributed by atoms with van der Waals surface area (Å²) >= 11 is 0. The second-order valence-corrected chi connectivity index (χ2v) is 6.26. The van der Waals surface area contributed by atoms with E-state index in [0.29, 0.717) is 19.4 Å². The molecule has 1 heterocycles. The summed E-state index contributed by atoms with van der Waals surface area (Å²) in [4.78, 5) is 26.9. The van der Waals surface area contributed by atoms with E-state index in [1.165, 1.54) is 6.42 Å². The monoisotopic (exact) mass is 297 g/mol. The van der Waals surface area contributed by atoms with Crippen LogP contribution < -0.4 is 11.1 Å². The Kier molecular flexibility index (Phi) is 6.65. The molecule has 21 heavy (non-hydrogen) atoms. The number of piperidine rings is 1. The molecule has 1 aliphatic rings. The molecule has 0 aromatic heterocycles. The molecule has 5 nitrogen and oxygen atoms in total. The van der Waals surface area contributed by atoms with Crippen LogP contribution in [0.2, 0.25) is 0 Å². The van der Waals surface area contributed by atoms with Gasteiger partial charge in [-0.2, -0.15) is 0 Å². The summed E-state index contributed by atoms with van der Waals surface area (Å²) in [6.07, 6.45) is 4.64. The van der Waals surface area contributed by atoms with Gasteiger partial charge in [-0.1, -0.05) is 13.8 Å². The van der Waals surface area contributed by atoms with Crippen molar-refractivity contribution in [2.24, 2.45) is 11.1 Å². The number of likely N-dealkylation sites (tertiary alicyclic amines) is 1. The van der Waals surface area contributed by atoms with Crippen LogP contribution in [0.15, 0.2) is 0 Å². The minimum Gasteiger partial charge on any atom is -0.344 e. The highest BCUT2D eigenvalue weighted by Gasteiger charge is 2.36. The Labute approximate surface area is 128 Å². The van der Waals surface area contributed by atoms with Crippen LogP contribution in [-0.4, -0.2) is 41.9 Å². The van der Waals surface area contributed by atoms with Crippen molar-refractivity contribution in [1.29, 1.82) is 0 Å². The van der Waals surface area contributed by atoms with E-state index < -0.39 is 11.5 Å². The second kappa shape index (κ2) is 7.78. The highest BCUT2D eigenvalue weighted by molar-refractivity contribution is 5.90. The molecule has 0 spiro atoms. The summed E-state index contributed by atoms with van der Waals surface area (Å²) in [5.41, 5.74) is 5.24. The Morgan fingerprint density at radius 3 is 2.43 bits per heavy atom. The van der Waals surface area contributed by atoms with Gasteiger partial charge in [0.05, 0.1) is 5.41 Å². The van der Waals surface area contributed by atoms with Gasteiger partial charge in [0.2, 0.25) is 11.8 Å². The smallest absolute Gasteiger partial charge is 0.245 e. The molecule has 2 unspecified atom stereocenters. The number of hydrogen-bond acceptors (Lipinski definition) is 3. The largest absolute Gasteiger partial charge is 0.344 e. The van der Waals surface area contributed by atoms with Gasteiger partial charge in [0.15, 0.2) is 0 Å². The quantitative estimate of drug-likeness (QED) is 0.783. The van der Waals surface area contributed by atoms with Crippen molar-refractivity contribution in [2.45, 2.75) is 71.9 Å². The summed E-state index contributed by atoms with van der Waals surface area (Å²) in [5, 5.41) is 2.88. The predicted octanol–water partition coefficient (Wildman–Crippen LogP) is 1.66. The number of amides is 2. The predicted molar refractivity (Wildman–Crippen MR) is 84.7 cm³/mol. The summed E-state index contributed by atoms with van der Waals surface area (Å²) in [6.45, 7) is 8.89. The van der Waals surface area contributed by atoms with Crippen LogP contribution in [0.1, 0.15) is 59.8 Å². The molecular formula is C16H31N3O2. The van der Waals surface area contributed by atoms with Crippen molar-refractivity contribution in [3.63, 3.8) is 0 Å². The molecule has 122 valence electrons. The van der Waals surface area contributed by atoms with Gasteiger partial charge in [0.1, 0.15) is 6.04 Å². The number of nitrogens with two attached hydrogens (primary N) is 1. The van der Waals surface area contributed by atoms with Gasteiger partial charge in [0.25, 0.3) is 0 Å². The van der Waals surface area contributed by atoms with Crippen LogP contribution in [0.3, 0.4) is 0 Å². The molecule has 0 aromatic rings. The third-order valence-corrected chi connectivity index (χ3v) is 5.03. The Morgan fingerprint density at radius 1 is 1.33 bits per heavy atom. The summed E-state index contributed by atoms with van der Waals surface area (Å²) < 4.78 is 0. The average Bonchev–Trinajstić information content (AvgIpc) is 2.49. The van der Waals surface area contributed by atoms with E-state index >= 15 is 0 Å². The lowest BCUT2D eigenvalue weighted by Gasteiger charge is -2.36. The summed E-state index contributed by atoms with van der Waals surface area (Å²) in [7, 11) is 0. The van der Waals surface area contributed by atoms with Crippen molar-refractivity contribution in [3.8, 4) is 0 Å². The number of carbonyl (C=O) groups excluding carboxylic acids is 2. The first-order chi connectivity index (χ1) is 9.91. The minimum atomic E-state index is -0.554. The van der Waals surface area contributed by atoms with Crippen LogP contribution in [0.5, 0.6) is 0 Å². The fraction of sp³-hybridized carbons (Fsp3) is 0.875. The highest BCUT2D eigenvalue weighted by atomic mass is 16.2. The molecule has 0 radical (unpaired) electrons. The van der Waals surface area contributed by atoms with Gasteiger partial charge >= 0.3 is 0 Å². The SMILES string of the molecule is CCC(CC)(CN)C(=O)NC(C)C(=O)N1CCCCC1C. The van der Waals surface area contributed by atoms with E-state index in [4.69, 9.17) is 5.73 Å². The van der Waals surface area contributed by atoms with Crippen LogP contribution in [0, 0.1) is 5.41 Å². The lowest BCUT2D eigenvalue weighted by Crippen LogP contribution is -2.55. The van der Waals surface area contributed by atoms with Crippen LogP contribution >= 0.6 is 0 Å². The lowest BCUT2D eigenvalue weighted by atomic mass is 9.81. The zero-order chi connectivity index (χ0) is 16.0. The van der Waals surface area contributed by atoms with Crippen molar-refractivity contribution in [3.05, 3.63) is 0 Å². The Morgan fingerprint density at radius 2 is 1.95 bits per heavy atom. The molecule has 2 amide bonds. The zero-order valence-electron chi connectivity index (χ0n) is 13.9. The normalized spacial score (nSPS) is 21.0. The molecule has 5 heteroatoms. The maximum atomic E-state index is 12.5. The maximum Gasteiger partial charge on any atom is 0.245 e. The molecule has 2 atom stereocenters. The number of carbonyl (C=O) groups is 2. The van der Waals surface area contributed by atoms with Crippen molar-refractivity contribution in [1.82, 2.24) is 10.2 Å². The third-order valence-electron chi connectivity index (χ3n) is 5.03. The topological polar surface area (TPSA) is 75.4 Å². The van der Waals surface area contributed by atoms with Crippen LogP contribution in [-0.2, 0) is 9.59 Å². The second-order valence-electron chi connectivity index (χ2n) is 6.26. The summed E-state index contributed by atoms with van der Waals surface area (Å²) in [5.74, 6) is -0.0748. The van der Waals surface area contributed by atoms with E-state index in [1.807, 2.05) is 18.7 Å². The minimum absolute atomic E-state index is 0.0219. The van der Waals surface area contributed by atoms with E-state index in [1.54, 1.807) is 6.92 Å². The van der Waals surface area contributed by atoms with E-state index in [-0.39, 0.29) is 17.9 Å². The summed E-state index contributed by atoms with van der Waals surface area (Å²) in [6, 6.07) is -0.218. The van der Waals surface area contributed by atoms with E-state index in [0.717, 1.165) is 19.4 Å². The van der Waals surface area contributed by atoms with Gasteiger partial charge in [-0.25, -0.2) is 0 Å². The molecule has 0 saturated carbocycles. The van der Waals surface area contributed by atoms with Crippen molar-refractivity contribution in [2.75, 3.05) is 13.1 Å². The molecule has 3 N–H and O–H groups in total. The van der Waals surface area contributed by atoms with Crippen molar-refractivity contribution < 1.29 is 9.59 Å². The Bertz CT molecular complexity index is 358. The number of hydrogen-bond donors (Lipinski definition) is 2. The van der Waals surface area contributed by atoms with Gasteiger partial charge in [-0.3, -0.25) is 9.59 Å². The standard InChI is InChI=1S/C16H31N3O2/c1-5-16(6-2,11-17)15(21)18-13(4)14(20)19-10-8-7-9-12(19)3/h12-13H,5-11,17H2,1-4H3,(H,18,21). The fourth-order valence-electron chi connectivity index (χ4n) is 3.04. The first kappa shape index (κ1) is 18.0. The van der Waals surface area contributed by atoms with E-state index in [9.17, 15) is 9.59 Å². The van der Waals surface area contributed by atoms with Crippen LogP contribution in [0.4, 0.5) is 0 Å². The molecule has 1 fully saturated rings.